The van der Waals surface area contributed by atoms with Gasteiger partial charge in [-0.25, -0.2) is 14.4 Å². The fraction of sp³-hybridized carbons (Fsp3) is 0.0588. The maximum Gasteiger partial charge on any atom is 0.573 e. The fourth-order valence-corrected chi connectivity index (χ4v) is 2.28. The molecule has 0 aliphatic rings. The Hall–Kier alpha value is -2.87. The number of hydrogen-bond acceptors (Lipinski definition) is 4. The van der Waals surface area contributed by atoms with Crippen LogP contribution in [-0.4, -0.2) is 16.3 Å². The van der Waals surface area contributed by atoms with Crippen LogP contribution in [0.3, 0.4) is 0 Å². The third-order valence-electron chi connectivity index (χ3n) is 3.16. The first kappa shape index (κ1) is 17.9. The lowest BCUT2D eigenvalue weighted by Crippen LogP contribution is -2.16. The number of rotatable bonds is 4. The second-order valence-corrected chi connectivity index (χ2v) is 5.49. The van der Waals surface area contributed by atoms with E-state index in [1.54, 1.807) is 0 Å². The number of nitrogens with one attached hydrogen (secondary N) is 1. The van der Waals surface area contributed by atoms with Gasteiger partial charge in [-0.3, -0.25) is 0 Å². The topological polar surface area (TPSA) is 47.0 Å². The standard InChI is InChI=1S/C17H10ClF4N3O/c18-14-9-15(25-16(24-14)10-1-3-11(19)4-2-10)23-12-5-7-13(8-6-12)26-17(20,21)22/h1-9H,(H,23,24,25). The van der Waals surface area contributed by atoms with Crippen LogP contribution in [-0.2, 0) is 0 Å². The molecule has 0 aliphatic carbocycles. The molecule has 0 spiro atoms. The molecule has 4 nitrogen and oxygen atoms in total. The molecular weight excluding hydrogens is 374 g/mol. The zero-order valence-corrected chi connectivity index (χ0v) is 13.6. The van der Waals surface area contributed by atoms with Crippen molar-refractivity contribution in [1.82, 2.24) is 9.97 Å². The molecule has 1 heterocycles. The number of hydrogen-bond donors (Lipinski definition) is 1. The van der Waals surface area contributed by atoms with Crippen LogP contribution in [0.4, 0.5) is 29.1 Å². The highest BCUT2D eigenvalue weighted by molar-refractivity contribution is 6.29. The quantitative estimate of drug-likeness (QED) is 0.472. The SMILES string of the molecule is Fc1ccc(-c2nc(Cl)cc(Nc3ccc(OC(F)(F)F)cc3)n2)cc1. The predicted octanol–water partition coefficient (Wildman–Crippen LogP) is 5.58. The molecule has 0 aliphatic heterocycles. The summed E-state index contributed by atoms with van der Waals surface area (Å²) in [6, 6.07) is 12.1. The second-order valence-electron chi connectivity index (χ2n) is 5.10. The molecule has 1 aromatic heterocycles. The molecule has 0 unspecified atom stereocenters. The number of anilines is 2. The number of benzene rings is 2. The van der Waals surface area contributed by atoms with E-state index in [1.165, 1.54) is 54.6 Å². The van der Waals surface area contributed by atoms with E-state index in [-0.39, 0.29) is 16.7 Å². The van der Waals surface area contributed by atoms with Gasteiger partial charge in [0.05, 0.1) is 0 Å². The molecule has 0 saturated carbocycles. The molecule has 0 radical (unpaired) electrons. The van der Waals surface area contributed by atoms with E-state index < -0.39 is 12.2 Å². The lowest BCUT2D eigenvalue weighted by molar-refractivity contribution is -0.274. The van der Waals surface area contributed by atoms with Crippen LogP contribution in [0.15, 0.2) is 54.6 Å². The van der Waals surface area contributed by atoms with Crippen LogP contribution in [0.2, 0.25) is 5.15 Å². The minimum Gasteiger partial charge on any atom is -0.406 e. The lowest BCUT2D eigenvalue weighted by atomic mass is 10.2. The van der Waals surface area contributed by atoms with Gasteiger partial charge in [0.2, 0.25) is 0 Å². The average Bonchev–Trinajstić information content (AvgIpc) is 2.55. The Bertz CT molecular complexity index is 899. The first-order chi connectivity index (χ1) is 12.3. The zero-order chi connectivity index (χ0) is 18.7. The minimum absolute atomic E-state index is 0.152. The number of alkyl halides is 3. The Morgan fingerprint density at radius 2 is 1.58 bits per heavy atom. The summed E-state index contributed by atoms with van der Waals surface area (Å²) in [6.45, 7) is 0. The number of halogens is 5. The van der Waals surface area contributed by atoms with Gasteiger partial charge in [0.1, 0.15) is 22.5 Å². The van der Waals surface area contributed by atoms with Crippen LogP contribution in [0.1, 0.15) is 0 Å². The van der Waals surface area contributed by atoms with Gasteiger partial charge in [-0.05, 0) is 48.5 Å². The lowest BCUT2D eigenvalue weighted by Gasteiger charge is -2.11. The molecule has 3 aromatic rings. The second kappa shape index (κ2) is 7.17. The van der Waals surface area contributed by atoms with Gasteiger partial charge < -0.3 is 10.1 Å². The van der Waals surface area contributed by atoms with Gasteiger partial charge in [-0.1, -0.05) is 11.6 Å². The third kappa shape index (κ3) is 4.82. The fourth-order valence-electron chi connectivity index (χ4n) is 2.10. The van der Waals surface area contributed by atoms with Gasteiger partial charge >= 0.3 is 6.36 Å². The highest BCUT2D eigenvalue weighted by Crippen LogP contribution is 2.26. The molecular formula is C17H10ClF4N3O. The highest BCUT2D eigenvalue weighted by atomic mass is 35.5. The van der Waals surface area contributed by atoms with Crippen molar-refractivity contribution in [2.24, 2.45) is 0 Å². The van der Waals surface area contributed by atoms with Crippen molar-refractivity contribution < 1.29 is 22.3 Å². The highest BCUT2D eigenvalue weighted by Gasteiger charge is 2.30. The van der Waals surface area contributed by atoms with Crippen LogP contribution in [0.25, 0.3) is 11.4 Å². The number of ether oxygens (including phenoxy) is 1. The summed E-state index contributed by atoms with van der Waals surface area (Å²) >= 11 is 5.99. The van der Waals surface area contributed by atoms with Crippen molar-refractivity contribution in [1.29, 1.82) is 0 Å². The molecule has 0 fully saturated rings. The van der Waals surface area contributed by atoms with Crippen LogP contribution < -0.4 is 10.1 Å². The Balaban J connectivity index is 1.80. The monoisotopic (exact) mass is 383 g/mol. The van der Waals surface area contributed by atoms with E-state index in [4.69, 9.17) is 11.6 Å². The zero-order valence-electron chi connectivity index (χ0n) is 12.9. The van der Waals surface area contributed by atoms with E-state index in [1.807, 2.05) is 0 Å². The first-order valence-corrected chi connectivity index (χ1v) is 7.60. The van der Waals surface area contributed by atoms with Gasteiger partial charge in [0.15, 0.2) is 5.82 Å². The van der Waals surface area contributed by atoms with E-state index in [2.05, 4.69) is 20.0 Å². The Kier molecular flexibility index (Phi) is 4.94. The first-order valence-electron chi connectivity index (χ1n) is 7.22. The van der Waals surface area contributed by atoms with Crippen LogP contribution >= 0.6 is 11.6 Å². The molecule has 26 heavy (non-hydrogen) atoms. The van der Waals surface area contributed by atoms with Gasteiger partial charge in [-0.15, -0.1) is 13.2 Å². The van der Waals surface area contributed by atoms with Gasteiger partial charge in [-0.2, -0.15) is 0 Å². The molecule has 2 aromatic carbocycles. The summed E-state index contributed by atoms with van der Waals surface area (Å²) in [5.74, 6) is -0.128. The summed E-state index contributed by atoms with van der Waals surface area (Å²) < 4.78 is 53.3. The Morgan fingerprint density at radius 3 is 2.19 bits per heavy atom. The van der Waals surface area contributed by atoms with Crippen LogP contribution in [0.5, 0.6) is 5.75 Å². The number of aromatic nitrogens is 2. The summed E-state index contributed by atoms with van der Waals surface area (Å²) in [5.41, 5.74) is 1.03. The van der Waals surface area contributed by atoms with E-state index in [0.717, 1.165) is 0 Å². The summed E-state index contributed by atoms with van der Waals surface area (Å²) in [4.78, 5) is 8.35. The van der Waals surface area contributed by atoms with Crippen molar-refractivity contribution in [2.45, 2.75) is 6.36 Å². The maximum atomic E-state index is 13.0. The van der Waals surface area contributed by atoms with Crippen molar-refractivity contribution >= 4 is 23.1 Å². The summed E-state index contributed by atoms with van der Waals surface area (Å²) in [7, 11) is 0. The van der Waals surface area contributed by atoms with Gasteiger partial charge in [0.25, 0.3) is 0 Å². The number of nitrogens with zero attached hydrogens (tertiary/aromatic N) is 2. The molecule has 0 bridgehead atoms. The average molecular weight is 384 g/mol. The minimum atomic E-state index is -4.75. The summed E-state index contributed by atoms with van der Waals surface area (Å²) in [6.07, 6.45) is -4.75. The largest absolute Gasteiger partial charge is 0.573 e. The summed E-state index contributed by atoms with van der Waals surface area (Å²) in [5, 5.41) is 3.06. The molecule has 0 saturated heterocycles. The predicted molar refractivity (Wildman–Crippen MR) is 88.8 cm³/mol. The molecule has 1 N–H and O–H groups in total. The molecule has 0 amide bonds. The normalized spacial score (nSPS) is 11.3. The molecule has 9 heteroatoms. The Morgan fingerprint density at radius 1 is 0.923 bits per heavy atom. The van der Waals surface area contributed by atoms with E-state index >= 15 is 0 Å². The Labute approximate surface area is 150 Å². The third-order valence-corrected chi connectivity index (χ3v) is 3.35. The molecule has 134 valence electrons. The maximum absolute atomic E-state index is 13.0. The van der Waals surface area contributed by atoms with Crippen molar-refractivity contribution in [2.75, 3.05) is 5.32 Å². The van der Waals surface area contributed by atoms with Crippen molar-refractivity contribution in [3.05, 3.63) is 65.6 Å². The van der Waals surface area contributed by atoms with Gasteiger partial charge in [0, 0.05) is 17.3 Å². The van der Waals surface area contributed by atoms with E-state index in [9.17, 15) is 17.6 Å². The van der Waals surface area contributed by atoms with Crippen molar-refractivity contribution in [3.8, 4) is 17.1 Å². The van der Waals surface area contributed by atoms with Crippen LogP contribution in [0, 0.1) is 5.82 Å². The van der Waals surface area contributed by atoms with Crippen molar-refractivity contribution in [3.63, 3.8) is 0 Å². The smallest absolute Gasteiger partial charge is 0.406 e. The van der Waals surface area contributed by atoms with E-state index in [0.29, 0.717) is 17.1 Å². The molecule has 3 rings (SSSR count). The molecule has 0 atom stereocenters.